The van der Waals surface area contributed by atoms with E-state index in [1.54, 1.807) is 54.6 Å². The molecule has 1 unspecified atom stereocenters. The van der Waals surface area contributed by atoms with Gasteiger partial charge in [-0.2, -0.15) is 0 Å². The van der Waals surface area contributed by atoms with Crippen molar-refractivity contribution in [2.45, 2.75) is 17.4 Å². The van der Waals surface area contributed by atoms with Crippen LogP contribution in [-0.2, 0) is 21.2 Å². The van der Waals surface area contributed by atoms with Crippen molar-refractivity contribution < 1.29 is 18.3 Å². The van der Waals surface area contributed by atoms with Gasteiger partial charge in [0.05, 0.1) is 4.90 Å². The lowest BCUT2D eigenvalue weighted by Crippen LogP contribution is -2.32. The molecule has 0 aliphatic rings. The Hall–Kier alpha value is -2.61. The van der Waals surface area contributed by atoms with Crippen molar-refractivity contribution >= 4 is 44.1 Å². The van der Waals surface area contributed by atoms with Gasteiger partial charge in [0.2, 0.25) is 0 Å². The molecule has 3 rings (SSSR count). The number of hydrogen-bond donors (Lipinski definition) is 3. The van der Waals surface area contributed by atoms with Gasteiger partial charge in [0.1, 0.15) is 6.04 Å². The molecule has 1 atom stereocenters. The highest BCUT2D eigenvalue weighted by molar-refractivity contribution is 7.93. The standard InChI is InChI=1S/C19H17ClN2O4S/c20-16-5-1-4-15-14(16)3-2-6-18(15)27(25,26)22-13-9-7-12(8-10-13)11-17(21)19(23)24/h1-10,17,22H,11,21H2,(H,23,24). The highest BCUT2D eigenvalue weighted by Crippen LogP contribution is 2.29. The molecule has 0 saturated heterocycles. The van der Waals surface area contributed by atoms with Crippen LogP contribution in [0.2, 0.25) is 5.02 Å². The monoisotopic (exact) mass is 404 g/mol. The van der Waals surface area contributed by atoms with Gasteiger partial charge in [0.15, 0.2) is 0 Å². The molecule has 0 bridgehead atoms. The summed E-state index contributed by atoms with van der Waals surface area (Å²) in [5.41, 5.74) is 6.57. The Morgan fingerprint density at radius 3 is 2.33 bits per heavy atom. The predicted molar refractivity (Wildman–Crippen MR) is 106 cm³/mol. The van der Waals surface area contributed by atoms with E-state index in [4.69, 9.17) is 22.4 Å². The van der Waals surface area contributed by atoms with Gasteiger partial charge in [-0.3, -0.25) is 9.52 Å². The number of benzene rings is 3. The maximum Gasteiger partial charge on any atom is 0.320 e. The van der Waals surface area contributed by atoms with E-state index in [0.29, 0.717) is 27.0 Å². The molecule has 0 aliphatic carbocycles. The number of sulfonamides is 1. The van der Waals surface area contributed by atoms with Gasteiger partial charge in [0, 0.05) is 21.5 Å². The second-order valence-electron chi connectivity index (χ2n) is 6.04. The maximum absolute atomic E-state index is 12.8. The Bertz CT molecular complexity index is 1100. The molecule has 8 heteroatoms. The minimum atomic E-state index is -3.83. The summed E-state index contributed by atoms with van der Waals surface area (Å²) in [6.07, 6.45) is 0.157. The Morgan fingerprint density at radius 2 is 1.67 bits per heavy atom. The van der Waals surface area contributed by atoms with Crippen molar-refractivity contribution in [3.05, 3.63) is 71.2 Å². The molecule has 0 spiro atoms. The minimum Gasteiger partial charge on any atom is -0.480 e. The summed E-state index contributed by atoms with van der Waals surface area (Å²) in [7, 11) is -3.83. The third-order valence-electron chi connectivity index (χ3n) is 4.10. The lowest BCUT2D eigenvalue weighted by atomic mass is 10.1. The molecule has 0 saturated carbocycles. The average molecular weight is 405 g/mol. The number of carboxylic acids is 1. The van der Waals surface area contributed by atoms with Crippen molar-refractivity contribution in [1.82, 2.24) is 0 Å². The van der Waals surface area contributed by atoms with Gasteiger partial charge in [-0.15, -0.1) is 0 Å². The number of carboxylic acid groups (broad SMARTS) is 1. The Morgan fingerprint density at radius 1 is 1.04 bits per heavy atom. The zero-order valence-electron chi connectivity index (χ0n) is 14.1. The molecule has 3 aromatic carbocycles. The number of rotatable bonds is 6. The van der Waals surface area contributed by atoms with Crippen molar-refractivity contribution in [1.29, 1.82) is 0 Å². The quantitative estimate of drug-likeness (QED) is 0.584. The highest BCUT2D eigenvalue weighted by atomic mass is 35.5. The second kappa shape index (κ2) is 7.56. The number of nitrogens with two attached hydrogens (primary N) is 1. The van der Waals surface area contributed by atoms with Crippen LogP contribution < -0.4 is 10.5 Å². The van der Waals surface area contributed by atoms with Gasteiger partial charge < -0.3 is 10.8 Å². The molecule has 6 nitrogen and oxygen atoms in total. The largest absolute Gasteiger partial charge is 0.480 e. The summed E-state index contributed by atoms with van der Waals surface area (Å²) in [6.45, 7) is 0. The zero-order valence-corrected chi connectivity index (χ0v) is 15.7. The minimum absolute atomic E-state index is 0.125. The number of fused-ring (bicyclic) bond motifs is 1. The summed E-state index contributed by atoms with van der Waals surface area (Å²) in [5, 5.41) is 10.5. The topological polar surface area (TPSA) is 109 Å². The van der Waals surface area contributed by atoms with Crippen LogP contribution in [-0.4, -0.2) is 25.5 Å². The van der Waals surface area contributed by atoms with E-state index in [1.807, 2.05) is 0 Å². The summed E-state index contributed by atoms with van der Waals surface area (Å²) in [4.78, 5) is 10.9. The predicted octanol–water partition coefficient (Wildman–Crippen LogP) is 3.25. The van der Waals surface area contributed by atoms with E-state index in [0.717, 1.165) is 0 Å². The van der Waals surface area contributed by atoms with Gasteiger partial charge in [-0.1, -0.05) is 48.0 Å². The first-order valence-electron chi connectivity index (χ1n) is 8.05. The van der Waals surface area contributed by atoms with Crippen LogP contribution in [0.25, 0.3) is 10.8 Å². The first kappa shape index (κ1) is 19.2. The maximum atomic E-state index is 12.8. The van der Waals surface area contributed by atoms with Gasteiger partial charge >= 0.3 is 5.97 Å². The van der Waals surface area contributed by atoms with Crippen LogP contribution in [0.5, 0.6) is 0 Å². The Labute approximate surface area is 161 Å². The van der Waals surface area contributed by atoms with E-state index >= 15 is 0 Å². The summed E-state index contributed by atoms with van der Waals surface area (Å²) in [5.74, 6) is -1.09. The molecule has 3 aromatic rings. The van der Waals surface area contributed by atoms with E-state index < -0.39 is 22.0 Å². The van der Waals surface area contributed by atoms with Gasteiger partial charge in [0.25, 0.3) is 10.0 Å². The fourth-order valence-corrected chi connectivity index (χ4v) is 4.26. The molecule has 0 aliphatic heterocycles. The van der Waals surface area contributed by atoms with Crippen LogP contribution in [0.15, 0.2) is 65.6 Å². The van der Waals surface area contributed by atoms with Crippen LogP contribution in [0.3, 0.4) is 0 Å². The molecular weight excluding hydrogens is 388 g/mol. The van der Waals surface area contributed by atoms with Crippen LogP contribution in [0.1, 0.15) is 5.56 Å². The fraction of sp³-hybridized carbons (Fsp3) is 0.105. The average Bonchev–Trinajstić information content (AvgIpc) is 2.63. The smallest absolute Gasteiger partial charge is 0.320 e. The first-order chi connectivity index (χ1) is 12.8. The molecule has 0 aromatic heterocycles. The van der Waals surface area contributed by atoms with Crippen molar-refractivity contribution in [3.63, 3.8) is 0 Å². The molecule has 0 amide bonds. The van der Waals surface area contributed by atoms with Crippen LogP contribution in [0, 0.1) is 0 Å². The lowest BCUT2D eigenvalue weighted by Gasteiger charge is -2.12. The number of carbonyl (C=O) groups is 1. The Kier molecular flexibility index (Phi) is 5.36. The molecule has 0 fully saturated rings. The summed E-state index contributed by atoms with van der Waals surface area (Å²) < 4.78 is 28.2. The van der Waals surface area contributed by atoms with E-state index in [1.165, 1.54) is 6.07 Å². The van der Waals surface area contributed by atoms with Crippen molar-refractivity contribution in [3.8, 4) is 0 Å². The fourth-order valence-electron chi connectivity index (χ4n) is 2.74. The molecule has 4 N–H and O–H groups in total. The van der Waals surface area contributed by atoms with Crippen molar-refractivity contribution in [2.75, 3.05) is 4.72 Å². The Balaban J connectivity index is 1.87. The van der Waals surface area contributed by atoms with E-state index in [2.05, 4.69) is 4.72 Å². The third-order valence-corrected chi connectivity index (χ3v) is 5.87. The first-order valence-corrected chi connectivity index (χ1v) is 9.91. The number of nitrogens with one attached hydrogen (secondary N) is 1. The van der Waals surface area contributed by atoms with E-state index in [-0.39, 0.29) is 11.3 Å². The lowest BCUT2D eigenvalue weighted by molar-refractivity contribution is -0.138. The summed E-state index contributed by atoms with van der Waals surface area (Å²) >= 11 is 6.15. The number of halogens is 1. The molecule has 27 heavy (non-hydrogen) atoms. The third kappa shape index (κ3) is 4.21. The SMILES string of the molecule is NC(Cc1ccc(NS(=O)(=O)c2cccc3c(Cl)cccc23)cc1)C(=O)O. The number of anilines is 1. The molecule has 0 radical (unpaired) electrons. The van der Waals surface area contributed by atoms with Crippen molar-refractivity contribution in [2.24, 2.45) is 5.73 Å². The molecule has 0 heterocycles. The number of aliphatic carboxylic acids is 1. The number of hydrogen-bond acceptors (Lipinski definition) is 4. The molecule has 140 valence electrons. The molecular formula is C19H17ClN2O4S. The van der Waals surface area contributed by atoms with Crippen LogP contribution in [0.4, 0.5) is 5.69 Å². The zero-order chi connectivity index (χ0) is 19.6. The van der Waals surface area contributed by atoms with Gasteiger partial charge in [-0.25, -0.2) is 8.42 Å². The summed E-state index contributed by atoms with van der Waals surface area (Å²) in [6, 6.07) is 15.4. The highest BCUT2D eigenvalue weighted by Gasteiger charge is 2.18. The second-order valence-corrected chi connectivity index (χ2v) is 8.10. The van der Waals surface area contributed by atoms with Gasteiger partial charge in [-0.05, 0) is 36.2 Å². The normalized spacial score (nSPS) is 12.7. The van der Waals surface area contributed by atoms with E-state index in [9.17, 15) is 13.2 Å². The van der Waals surface area contributed by atoms with Crippen LogP contribution >= 0.6 is 11.6 Å².